The summed E-state index contributed by atoms with van der Waals surface area (Å²) in [5.41, 5.74) is 6.32. The fourth-order valence-electron chi connectivity index (χ4n) is 2.06. The van der Waals surface area contributed by atoms with Gasteiger partial charge in [-0.2, -0.15) is 0 Å². The minimum absolute atomic E-state index is 0.000851. The molecule has 0 aromatic heterocycles. The van der Waals surface area contributed by atoms with Gasteiger partial charge in [0, 0.05) is 13.0 Å². The first-order chi connectivity index (χ1) is 9.56. The molecule has 112 valence electrons. The van der Waals surface area contributed by atoms with E-state index in [4.69, 9.17) is 17.3 Å². The summed E-state index contributed by atoms with van der Waals surface area (Å²) < 4.78 is 13.0. The van der Waals surface area contributed by atoms with E-state index in [0.717, 1.165) is 24.8 Å². The smallest absolute Gasteiger partial charge is 0.220 e. The number of hydrogen-bond donors (Lipinski definition) is 2. The zero-order valence-electron chi connectivity index (χ0n) is 11.8. The van der Waals surface area contributed by atoms with E-state index in [2.05, 4.69) is 12.2 Å². The second kappa shape index (κ2) is 8.93. The maximum atomic E-state index is 13.0. The highest BCUT2D eigenvalue weighted by molar-refractivity contribution is 6.30. The van der Waals surface area contributed by atoms with E-state index in [-0.39, 0.29) is 10.9 Å². The van der Waals surface area contributed by atoms with Crippen LogP contribution in [0, 0.1) is 11.7 Å². The van der Waals surface area contributed by atoms with E-state index >= 15 is 0 Å². The lowest BCUT2D eigenvalue weighted by molar-refractivity contribution is -0.121. The van der Waals surface area contributed by atoms with Gasteiger partial charge in [-0.15, -0.1) is 0 Å². The molecule has 1 atom stereocenters. The minimum Gasteiger partial charge on any atom is -0.352 e. The maximum Gasteiger partial charge on any atom is 0.220 e. The number of nitrogens with one attached hydrogen (secondary N) is 1. The fourth-order valence-corrected chi connectivity index (χ4v) is 2.27. The average Bonchev–Trinajstić information content (AvgIpc) is 2.44. The second-order valence-corrected chi connectivity index (χ2v) is 5.32. The summed E-state index contributed by atoms with van der Waals surface area (Å²) in [5, 5.41) is 2.89. The summed E-state index contributed by atoms with van der Waals surface area (Å²) in [5.74, 6) is 0.0567. The molecule has 5 heteroatoms. The fraction of sp³-hybridized carbons (Fsp3) is 0.533. The normalized spacial score (nSPS) is 12.2. The zero-order valence-corrected chi connectivity index (χ0v) is 12.5. The number of carbonyl (C=O) groups excluding carboxylic acids is 1. The van der Waals surface area contributed by atoms with Crippen molar-refractivity contribution >= 4 is 17.5 Å². The van der Waals surface area contributed by atoms with Crippen LogP contribution in [0.5, 0.6) is 0 Å². The van der Waals surface area contributed by atoms with E-state index < -0.39 is 5.82 Å². The van der Waals surface area contributed by atoms with Gasteiger partial charge in [0.15, 0.2) is 0 Å². The Morgan fingerprint density at radius 1 is 1.45 bits per heavy atom. The summed E-state index contributed by atoms with van der Waals surface area (Å²) in [6.45, 7) is 3.14. The van der Waals surface area contributed by atoms with Crippen molar-refractivity contribution in [3.05, 3.63) is 34.6 Å². The van der Waals surface area contributed by atoms with Crippen LogP contribution in [0.1, 0.15) is 38.2 Å². The van der Waals surface area contributed by atoms with Crippen LogP contribution in [0.15, 0.2) is 18.2 Å². The molecule has 0 heterocycles. The molecule has 1 aromatic carbocycles. The van der Waals surface area contributed by atoms with Crippen molar-refractivity contribution in [1.82, 2.24) is 5.32 Å². The van der Waals surface area contributed by atoms with Crippen LogP contribution in [-0.4, -0.2) is 12.5 Å². The van der Waals surface area contributed by atoms with Gasteiger partial charge < -0.3 is 11.1 Å². The van der Waals surface area contributed by atoms with Crippen molar-refractivity contribution in [2.75, 3.05) is 6.54 Å². The standard InChI is InChI=1S/C15H22ClFN2O/c1-2-11(7-8-18)4-6-15(20)19-10-12-3-5-14(17)13(16)9-12/h3,5,9,11H,2,4,6-8,10,18H2,1H3,(H,19,20). The monoisotopic (exact) mass is 300 g/mol. The van der Waals surface area contributed by atoms with Gasteiger partial charge in [-0.3, -0.25) is 4.79 Å². The topological polar surface area (TPSA) is 55.1 Å². The predicted molar refractivity (Wildman–Crippen MR) is 79.9 cm³/mol. The van der Waals surface area contributed by atoms with Gasteiger partial charge in [-0.1, -0.05) is 31.0 Å². The average molecular weight is 301 g/mol. The molecule has 20 heavy (non-hydrogen) atoms. The van der Waals surface area contributed by atoms with Gasteiger partial charge in [0.25, 0.3) is 0 Å². The first-order valence-corrected chi connectivity index (χ1v) is 7.35. The van der Waals surface area contributed by atoms with Crippen LogP contribution in [0.4, 0.5) is 4.39 Å². The lowest BCUT2D eigenvalue weighted by Gasteiger charge is -2.13. The van der Waals surface area contributed by atoms with Gasteiger partial charge in [0.2, 0.25) is 5.91 Å². The summed E-state index contributed by atoms with van der Waals surface area (Å²) >= 11 is 5.69. The molecule has 3 N–H and O–H groups in total. The van der Waals surface area contributed by atoms with Gasteiger partial charge in [0.1, 0.15) is 5.82 Å². The Balaban J connectivity index is 2.34. The number of halogens is 2. The van der Waals surface area contributed by atoms with Crippen molar-refractivity contribution in [3.63, 3.8) is 0 Å². The molecule has 0 aliphatic heterocycles. The lowest BCUT2D eigenvalue weighted by Crippen LogP contribution is -2.23. The Labute approximate surface area is 124 Å². The van der Waals surface area contributed by atoms with Crippen molar-refractivity contribution in [1.29, 1.82) is 0 Å². The van der Waals surface area contributed by atoms with Crippen molar-refractivity contribution in [2.24, 2.45) is 11.7 Å². The highest BCUT2D eigenvalue weighted by atomic mass is 35.5. The molecular formula is C15H22ClFN2O. The minimum atomic E-state index is -0.450. The van der Waals surface area contributed by atoms with Crippen LogP contribution in [0.3, 0.4) is 0 Å². The molecule has 0 aliphatic rings. The molecular weight excluding hydrogens is 279 g/mol. The third-order valence-corrected chi connectivity index (χ3v) is 3.70. The van der Waals surface area contributed by atoms with E-state index in [1.807, 2.05) is 0 Å². The molecule has 1 rings (SSSR count). The first kappa shape index (κ1) is 16.9. The van der Waals surface area contributed by atoms with E-state index in [1.165, 1.54) is 12.1 Å². The highest BCUT2D eigenvalue weighted by Gasteiger charge is 2.09. The maximum absolute atomic E-state index is 13.0. The molecule has 0 saturated carbocycles. The molecule has 1 unspecified atom stereocenters. The Bertz CT molecular complexity index is 440. The van der Waals surface area contributed by atoms with Crippen LogP contribution < -0.4 is 11.1 Å². The van der Waals surface area contributed by atoms with Gasteiger partial charge in [0.05, 0.1) is 5.02 Å². The predicted octanol–water partition coefficient (Wildman–Crippen LogP) is 3.25. The number of carbonyl (C=O) groups is 1. The highest BCUT2D eigenvalue weighted by Crippen LogP contribution is 2.16. The van der Waals surface area contributed by atoms with Crippen LogP contribution in [0.25, 0.3) is 0 Å². The Morgan fingerprint density at radius 3 is 2.80 bits per heavy atom. The van der Waals surface area contributed by atoms with Crippen molar-refractivity contribution in [3.8, 4) is 0 Å². The van der Waals surface area contributed by atoms with E-state index in [1.54, 1.807) is 6.07 Å². The quantitative estimate of drug-likeness (QED) is 0.774. The molecule has 0 spiro atoms. The molecule has 0 radical (unpaired) electrons. The molecule has 0 fully saturated rings. The van der Waals surface area contributed by atoms with Crippen LogP contribution in [0.2, 0.25) is 5.02 Å². The largest absolute Gasteiger partial charge is 0.352 e. The second-order valence-electron chi connectivity index (χ2n) is 4.92. The zero-order chi connectivity index (χ0) is 15.0. The Hall–Kier alpha value is -1.13. The Kier molecular flexibility index (Phi) is 7.55. The third-order valence-electron chi connectivity index (χ3n) is 3.41. The first-order valence-electron chi connectivity index (χ1n) is 6.97. The molecule has 3 nitrogen and oxygen atoms in total. The number of amides is 1. The van der Waals surface area contributed by atoms with E-state index in [0.29, 0.717) is 25.4 Å². The third kappa shape index (κ3) is 5.88. The van der Waals surface area contributed by atoms with Crippen molar-refractivity contribution in [2.45, 2.75) is 39.2 Å². The van der Waals surface area contributed by atoms with Gasteiger partial charge in [-0.25, -0.2) is 4.39 Å². The Morgan fingerprint density at radius 2 is 2.20 bits per heavy atom. The lowest BCUT2D eigenvalue weighted by atomic mass is 9.96. The molecule has 0 saturated heterocycles. The van der Waals surface area contributed by atoms with Crippen LogP contribution in [-0.2, 0) is 11.3 Å². The number of benzene rings is 1. The van der Waals surface area contributed by atoms with Crippen LogP contribution >= 0.6 is 11.6 Å². The molecule has 1 aromatic rings. The summed E-state index contributed by atoms with van der Waals surface area (Å²) in [7, 11) is 0. The molecule has 0 bridgehead atoms. The molecule has 1 amide bonds. The van der Waals surface area contributed by atoms with Gasteiger partial charge in [-0.05, 0) is 43.0 Å². The summed E-state index contributed by atoms with van der Waals surface area (Å²) in [6.07, 6.45) is 3.34. The summed E-state index contributed by atoms with van der Waals surface area (Å²) in [6, 6.07) is 4.45. The van der Waals surface area contributed by atoms with Crippen molar-refractivity contribution < 1.29 is 9.18 Å². The number of rotatable bonds is 8. The SMILES string of the molecule is CCC(CCN)CCC(=O)NCc1ccc(F)c(Cl)c1. The summed E-state index contributed by atoms with van der Waals surface area (Å²) in [4.78, 5) is 11.7. The number of nitrogens with two attached hydrogens (primary N) is 1. The van der Waals surface area contributed by atoms with Gasteiger partial charge >= 0.3 is 0 Å². The number of hydrogen-bond acceptors (Lipinski definition) is 2. The molecule has 0 aliphatic carbocycles. The van der Waals surface area contributed by atoms with E-state index in [9.17, 15) is 9.18 Å².